The van der Waals surface area contributed by atoms with Gasteiger partial charge in [0, 0.05) is 38.3 Å². The summed E-state index contributed by atoms with van der Waals surface area (Å²) in [4.78, 5) is 28.5. The molecule has 0 unspecified atom stereocenters. The van der Waals surface area contributed by atoms with Crippen LogP contribution in [0.1, 0.15) is 29.3 Å². The monoisotopic (exact) mass is 348 g/mol. The van der Waals surface area contributed by atoms with Crippen molar-refractivity contribution in [1.82, 2.24) is 9.80 Å². The number of hydrogen-bond donors (Lipinski definition) is 0. The first-order valence-corrected chi connectivity index (χ1v) is 8.92. The molecule has 1 fully saturated rings. The predicted octanol–water partition coefficient (Wildman–Crippen LogP) is 1.72. The van der Waals surface area contributed by atoms with Crippen molar-refractivity contribution in [1.29, 1.82) is 0 Å². The summed E-state index contributed by atoms with van der Waals surface area (Å²) in [6, 6.07) is 7.53. The highest BCUT2D eigenvalue weighted by molar-refractivity contribution is 5.94. The molecule has 0 aromatic heterocycles. The van der Waals surface area contributed by atoms with Crippen LogP contribution in [0.3, 0.4) is 0 Å². The topological polar surface area (TPSA) is 59.1 Å². The van der Waals surface area contributed by atoms with Gasteiger partial charge in [-0.2, -0.15) is 0 Å². The van der Waals surface area contributed by atoms with Crippen LogP contribution in [0.2, 0.25) is 0 Å². The van der Waals surface area contributed by atoms with Gasteiger partial charge in [0.1, 0.15) is 0 Å². The Labute approximate surface area is 149 Å². The molecule has 2 rings (SSSR count). The zero-order chi connectivity index (χ0) is 18.1. The van der Waals surface area contributed by atoms with Crippen molar-refractivity contribution >= 4 is 11.9 Å². The molecule has 6 nitrogen and oxygen atoms in total. The molecule has 1 aliphatic rings. The number of carbonyl (C=O) groups is 2. The minimum atomic E-state index is -0.268. The molecule has 1 aromatic carbocycles. The number of morpholine rings is 1. The second kappa shape index (κ2) is 10.2. The highest BCUT2D eigenvalue weighted by Gasteiger charge is 2.19. The number of hydrogen-bond acceptors (Lipinski definition) is 5. The summed E-state index contributed by atoms with van der Waals surface area (Å²) < 4.78 is 10.3. The average Bonchev–Trinajstić information content (AvgIpc) is 2.63. The van der Waals surface area contributed by atoms with Crippen LogP contribution in [0.25, 0.3) is 0 Å². The SMILES string of the molecule is CCOC(=O)CCN(CCN1CCOCC1)C(=O)c1ccc(C)cc1. The fraction of sp³-hybridized carbons (Fsp3) is 0.579. The van der Waals surface area contributed by atoms with Crippen molar-refractivity contribution in [2.45, 2.75) is 20.3 Å². The maximum atomic E-state index is 12.8. The minimum Gasteiger partial charge on any atom is -0.466 e. The van der Waals surface area contributed by atoms with E-state index in [-0.39, 0.29) is 18.3 Å². The molecule has 0 atom stereocenters. The van der Waals surface area contributed by atoms with Gasteiger partial charge < -0.3 is 14.4 Å². The number of benzene rings is 1. The zero-order valence-corrected chi connectivity index (χ0v) is 15.2. The van der Waals surface area contributed by atoms with E-state index in [1.165, 1.54) is 0 Å². The molecule has 1 aromatic rings. The van der Waals surface area contributed by atoms with Gasteiger partial charge >= 0.3 is 5.97 Å². The lowest BCUT2D eigenvalue weighted by Crippen LogP contribution is -2.43. The lowest BCUT2D eigenvalue weighted by atomic mass is 10.1. The fourth-order valence-electron chi connectivity index (χ4n) is 2.74. The Morgan fingerprint density at radius 1 is 1.16 bits per heavy atom. The van der Waals surface area contributed by atoms with E-state index < -0.39 is 0 Å². The third kappa shape index (κ3) is 6.48. The van der Waals surface area contributed by atoms with Gasteiger partial charge in [-0.25, -0.2) is 0 Å². The smallest absolute Gasteiger partial charge is 0.307 e. The van der Waals surface area contributed by atoms with Crippen molar-refractivity contribution in [3.63, 3.8) is 0 Å². The molecule has 1 amide bonds. The quantitative estimate of drug-likeness (QED) is 0.670. The molecule has 0 aliphatic carbocycles. The zero-order valence-electron chi connectivity index (χ0n) is 15.2. The molecule has 0 N–H and O–H groups in total. The molecule has 0 bridgehead atoms. The standard InChI is InChI=1S/C19H28N2O4/c1-3-25-18(22)8-9-21(11-10-20-12-14-24-15-13-20)19(23)17-6-4-16(2)5-7-17/h4-7H,3,8-15H2,1-2H3. The van der Waals surface area contributed by atoms with E-state index in [9.17, 15) is 9.59 Å². The van der Waals surface area contributed by atoms with E-state index in [0.717, 1.165) is 38.4 Å². The minimum absolute atomic E-state index is 0.0439. The molecule has 1 aliphatic heterocycles. The van der Waals surface area contributed by atoms with Crippen LogP contribution in [0.5, 0.6) is 0 Å². The van der Waals surface area contributed by atoms with E-state index in [2.05, 4.69) is 4.90 Å². The van der Waals surface area contributed by atoms with E-state index in [0.29, 0.717) is 25.3 Å². The summed E-state index contributed by atoms with van der Waals surface area (Å²) in [5.41, 5.74) is 1.76. The first-order chi connectivity index (χ1) is 12.1. The summed E-state index contributed by atoms with van der Waals surface area (Å²) in [6.45, 7) is 9.10. The van der Waals surface area contributed by atoms with Crippen LogP contribution in [-0.4, -0.2) is 74.2 Å². The van der Waals surface area contributed by atoms with Crippen molar-refractivity contribution in [3.8, 4) is 0 Å². The third-order valence-electron chi connectivity index (χ3n) is 4.27. The number of carbonyl (C=O) groups excluding carboxylic acids is 2. The van der Waals surface area contributed by atoms with Gasteiger partial charge in [-0.15, -0.1) is 0 Å². The molecule has 138 valence electrons. The molecule has 6 heteroatoms. The maximum absolute atomic E-state index is 12.8. The lowest BCUT2D eigenvalue weighted by molar-refractivity contribution is -0.143. The van der Waals surface area contributed by atoms with Gasteiger partial charge in [0.25, 0.3) is 5.91 Å². The Morgan fingerprint density at radius 2 is 1.84 bits per heavy atom. The maximum Gasteiger partial charge on any atom is 0.307 e. The number of amides is 1. The summed E-state index contributed by atoms with van der Waals surface area (Å²) in [6.07, 6.45) is 0.217. The first kappa shape index (κ1) is 19.4. The Morgan fingerprint density at radius 3 is 2.48 bits per heavy atom. The number of ether oxygens (including phenoxy) is 2. The first-order valence-electron chi connectivity index (χ1n) is 8.92. The third-order valence-corrected chi connectivity index (χ3v) is 4.27. The molecule has 1 saturated heterocycles. The molecule has 0 spiro atoms. The van der Waals surface area contributed by atoms with Crippen molar-refractivity contribution in [2.75, 3.05) is 52.5 Å². The van der Waals surface area contributed by atoms with Gasteiger partial charge in [0.05, 0.1) is 26.2 Å². The Kier molecular flexibility index (Phi) is 7.88. The highest BCUT2D eigenvalue weighted by Crippen LogP contribution is 2.09. The molecule has 1 heterocycles. The largest absolute Gasteiger partial charge is 0.466 e. The Balaban J connectivity index is 1.97. The number of aryl methyl sites for hydroxylation is 1. The van der Waals surface area contributed by atoms with Crippen LogP contribution in [0.15, 0.2) is 24.3 Å². The average molecular weight is 348 g/mol. The van der Waals surface area contributed by atoms with Gasteiger partial charge in [-0.1, -0.05) is 17.7 Å². The second-order valence-electron chi connectivity index (χ2n) is 6.17. The summed E-state index contributed by atoms with van der Waals surface area (Å²) >= 11 is 0. The van der Waals surface area contributed by atoms with Crippen molar-refractivity contribution < 1.29 is 19.1 Å². The predicted molar refractivity (Wildman–Crippen MR) is 95.6 cm³/mol. The van der Waals surface area contributed by atoms with Gasteiger partial charge in [-0.3, -0.25) is 14.5 Å². The van der Waals surface area contributed by atoms with Crippen LogP contribution >= 0.6 is 0 Å². The number of rotatable bonds is 8. The Bertz CT molecular complexity index is 553. The van der Waals surface area contributed by atoms with Crippen molar-refractivity contribution in [3.05, 3.63) is 35.4 Å². The van der Waals surface area contributed by atoms with Crippen LogP contribution in [0, 0.1) is 6.92 Å². The molecule has 25 heavy (non-hydrogen) atoms. The van der Waals surface area contributed by atoms with Crippen LogP contribution in [0.4, 0.5) is 0 Å². The Hall–Kier alpha value is -1.92. The second-order valence-corrected chi connectivity index (χ2v) is 6.17. The van der Waals surface area contributed by atoms with Gasteiger partial charge in [-0.05, 0) is 26.0 Å². The van der Waals surface area contributed by atoms with E-state index >= 15 is 0 Å². The lowest BCUT2D eigenvalue weighted by Gasteiger charge is -2.30. The normalized spacial score (nSPS) is 15.0. The highest BCUT2D eigenvalue weighted by atomic mass is 16.5. The van der Waals surface area contributed by atoms with E-state index in [1.807, 2.05) is 31.2 Å². The number of nitrogens with zero attached hydrogens (tertiary/aromatic N) is 2. The van der Waals surface area contributed by atoms with Gasteiger partial charge in [0.2, 0.25) is 0 Å². The fourth-order valence-corrected chi connectivity index (χ4v) is 2.74. The van der Waals surface area contributed by atoms with Crippen LogP contribution in [-0.2, 0) is 14.3 Å². The number of esters is 1. The van der Waals surface area contributed by atoms with E-state index in [4.69, 9.17) is 9.47 Å². The summed E-state index contributed by atoms with van der Waals surface area (Å²) in [5.74, 6) is -0.312. The molecule has 0 radical (unpaired) electrons. The summed E-state index contributed by atoms with van der Waals surface area (Å²) in [5, 5.41) is 0. The molecule has 0 saturated carbocycles. The summed E-state index contributed by atoms with van der Waals surface area (Å²) in [7, 11) is 0. The molecular weight excluding hydrogens is 320 g/mol. The van der Waals surface area contributed by atoms with Gasteiger partial charge in [0.15, 0.2) is 0 Å². The van der Waals surface area contributed by atoms with Crippen molar-refractivity contribution in [2.24, 2.45) is 0 Å². The molecular formula is C19H28N2O4. The van der Waals surface area contributed by atoms with E-state index in [1.54, 1.807) is 11.8 Å². The van der Waals surface area contributed by atoms with Crippen LogP contribution < -0.4 is 0 Å².